The number of hydrogen-bond acceptors (Lipinski definition) is 1. The fourth-order valence-corrected chi connectivity index (χ4v) is 2.03. The summed E-state index contributed by atoms with van der Waals surface area (Å²) in [4.78, 5) is 0. The van der Waals surface area contributed by atoms with Crippen LogP contribution in [-0.4, -0.2) is 6.61 Å². The first-order valence-electron chi connectivity index (χ1n) is 4.17. The lowest BCUT2D eigenvalue weighted by Gasteiger charge is -2.22. The molecule has 0 aliphatic carbocycles. The lowest BCUT2D eigenvalue weighted by Crippen LogP contribution is -2.13. The minimum atomic E-state index is 0.266. The molecule has 1 atom stereocenters. The normalized spacial score (nSPS) is 22.0. The van der Waals surface area contributed by atoms with Crippen molar-refractivity contribution in [1.82, 2.24) is 0 Å². The number of rotatable bonds is 0. The van der Waals surface area contributed by atoms with Gasteiger partial charge in [0.05, 0.1) is 12.7 Å². The summed E-state index contributed by atoms with van der Waals surface area (Å²) in [7, 11) is 0. The molecule has 12 heavy (non-hydrogen) atoms. The zero-order chi connectivity index (χ0) is 8.55. The molecule has 0 spiro atoms. The van der Waals surface area contributed by atoms with E-state index in [0.29, 0.717) is 0 Å². The van der Waals surface area contributed by atoms with Gasteiger partial charge in [0.1, 0.15) is 0 Å². The van der Waals surface area contributed by atoms with Gasteiger partial charge in [-0.25, -0.2) is 0 Å². The van der Waals surface area contributed by atoms with Crippen LogP contribution in [0.4, 0.5) is 0 Å². The van der Waals surface area contributed by atoms with Gasteiger partial charge in [-0.1, -0.05) is 22.0 Å². The molecular weight excluding hydrogens is 216 g/mol. The summed E-state index contributed by atoms with van der Waals surface area (Å²) in [5.74, 6) is 0. The van der Waals surface area contributed by atoms with Crippen LogP contribution in [0.25, 0.3) is 0 Å². The first-order valence-corrected chi connectivity index (χ1v) is 4.96. The second kappa shape index (κ2) is 3.19. The largest absolute Gasteiger partial charge is 0.373 e. The summed E-state index contributed by atoms with van der Waals surface area (Å²) >= 11 is 3.47. The summed E-state index contributed by atoms with van der Waals surface area (Å²) < 4.78 is 6.69. The van der Waals surface area contributed by atoms with E-state index in [9.17, 15) is 0 Å². The van der Waals surface area contributed by atoms with Crippen molar-refractivity contribution in [3.05, 3.63) is 33.8 Å². The second-order valence-electron chi connectivity index (χ2n) is 3.11. The van der Waals surface area contributed by atoms with Gasteiger partial charge in [0, 0.05) is 4.47 Å². The van der Waals surface area contributed by atoms with E-state index in [2.05, 4.69) is 41.1 Å². The Morgan fingerprint density at radius 1 is 1.50 bits per heavy atom. The van der Waals surface area contributed by atoms with Crippen LogP contribution in [-0.2, 0) is 11.2 Å². The molecule has 1 unspecified atom stereocenters. The van der Waals surface area contributed by atoms with Gasteiger partial charge in [-0.2, -0.15) is 0 Å². The Balaban J connectivity index is 2.46. The third-order valence-corrected chi connectivity index (χ3v) is 2.78. The molecule has 2 heteroatoms. The van der Waals surface area contributed by atoms with Crippen molar-refractivity contribution >= 4 is 15.9 Å². The number of hydrogen-bond donors (Lipinski definition) is 0. The summed E-state index contributed by atoms with van der Waals surface area (Å²) in [6.07, 6.45) is 1.31. The van der Waals surface area contributed by atoms with Gasteiger partial charge in [-0.05, 0) is 36.6 Å². The molecule has 0 amide bonds. The maximum Gasteiger partial charge on any atom is 0.0799 e. The minimum absolute atomic E-state index is 0.266. The number of halogens is 1. The van der Waals surface area contributed by atoms with Crippen molar-refractivity contribution in [3.63, 3.8) is 0 Å². The highest BCUT2D eigenvalue weighted by Crippen LogP contribution is 2.28. The summed E-state index contributed by atoms with van der Waals surface area (Å²) in [6.45, 7) is 2.95. The predicted molar refractivity (Wildman–Crippen MR) is 52.2 cm³/mol. The highest BCUT2D eigenvalue weighted by atomic mass is 79.9. The van der Waals surface area contributed by atoms with Crippen molar-refractivity contribution in [2.24, 2.45) is 0 Å². The highest BCUT2D eigenvalue weighted by molar-refractivity contribution is 9.10. The highest BCUT2D eigenvalue weighted by Gasteiger charge is 2.15. The lowest BCUT2D eigenvalue weighted by atomic mass is 9.99. The van der Waals surface area contributed by atoms with Crippen molar-refractivity contribution in [2.75, 3.05) is 6.61 Å². The fraction of sp³-hybridized carbons (Fsp3) is 0.400. The third kappa shape index (κ3) is 1.41. The zero-order valence-corrected chi connectivity index (χ0v) is 8.60. The molecule has 1 heterocycles. The Kier molecular flexibility index (Phi) is 2.20. The summed E-state index contributed by atoms with van der Waals surface area (Å²) in [5.41, 5.74) is 2.76. The van der Waals surface area contributed by atoms with Crippen molar-refractivity contribution in [1.29, 1.82) is 0 Å². The monoisotopic (exact) mass is 226 g/mol. The van der Waals surface area contributed by atoms with Gasteiger partial charge >= 0.3 is 0 Å². The number of ether oxygens (including phenoxy) is 1. The number of benzene rings is 1. The van der Waals surface area contributed by atoms with Crippen molar-refractivity contribution < 1.29 is 4.74 Å². The Hall–Kier alpha value is -0.340. The van der Waals surface area contributed by atoms with Crippen molar-refractivity contribution in [3.8, 4) is 0 Å². The lowest BCUT2D eigenvalue weighted by molar-refractivity contribution is 0.0555. The Morgan fingerprint density at radius 3 is 3.17 bits per heavy atom. The first-order chi connectivity index (χ1) is 5.77. The molecule has 0 bridgehead atoms. The molecular formula is C10H11BrO. The van der Waals surface area contributed by atoms with E-state index in [-0.39, 0.29) is 6.10 Å². The minimum Gasteiger partial charge on any atom is -0.373 e. The zero-order valence-electron chi connectivity index (χ0n) is 7.01. The van der Waals surface area contributed by atoms with E-state index in [1.165, 1.54) is 11.1 Å². The molecule has 1 aliphatic heterocycles. The molecule has 1 aliphatic rings. The molecule has 1 aromatic carbocycles. The van der Waals surface area contributed by atoms with Gasteiger partial charge in [0.25, 0.3) is 0 Å². The Morgan fingerprint density at radius 2 is 2.33 bits per heavy atom. The van der Waals surface area contributed by atoms with Gasteiger partial charge < -0.3 is 4.74 Å². The van der Waals surface area contributed by atoms with Gasteiger partial charge in [0.15, 0.2) is 0 Å². The molecule has 0 aromatic heterocycles. The standard InChI is InChI=1S/C10H11BrO/c1-7-10-3-2-9(11)6-8(10)4-5-12-7/h2-3,6-7H,4-5H2,1H3. The van der Waals surface area contributed by atoms with Crippen LogP contribution in [0.1, 0.15) is 24.2 Å². The van der Waals surface area contributed by atoms with Crippen LogP contribution in [0, 0.1) is 0 Å². The maximum atomic E-state index is 5.53. The summed E-state index contributed by atoms with van der Waals surface area (Å²) in [5, 5.41) is 0. The van der Waals surface area contributed by atoms with E-state index in [1.54, 1.807) is 0 Å². The van der Waals surface area contributed by atoms with Crippen LogP contribution >= 0.6 is 15.9 Å². The average Bonchev–Trinajstić information content (AvgIpc) is 2.04. The second-order valence-corrected chi connectivity index (χ2v) is 4.02. The fourth-order valence-electron chi connectivity index (χ4n) is 1.62. The molecule has 2 rings (SSSR count). The van der Waals surface area contributed by atoms with Gasteiger partial charge in [0.2, 0.25) is 0 Å². The molecule has 0 fully saturated rings. The van der Waals surface area contributed by atoms with E-state index >= 15 is 0 Å². The Labute approximate surface area is 80.9 Å². The van der Waals surface area contributed by atoms with Crippen LogP contribution in [0.3, 0.4) is 0 Å². The average molecular weight is 227 g/mol. The number of fused-ring (bicyclic) bond motifs is 1. The molecule has 0 saturated heterocycles. The molecule has 0 radical (unpaired) electrons. The molecule has 1 aromatic rings. The third-order valence-electron chi connectivity index (χ3n) is 2.28. The van der Waals surface area contributed by atoms with Gasteiger partial charge in [-0.15, -0.1) is 0 Å². The van der Waals surface area contributed by atoms with E-state index in [0.717, 1.165) is 17.5 Å². The van der Waals surface area contributed by atoms with Crippen LogP contribution in [0.5, 0.6) is 0 Å². The quantitative estimate of drug-likeness (QED) is 0.661. The maximum absolute atomic E-state index is 5.53. The van der Waals surface area contributed by atoms with Crippen LogP contribution in [0.15, 0.2) is 22.7 Å². The Bertz CT molecular complexity index is 296. The van der Waals surface area contributed by atoms with E-state index in [4.69, 9.17) is 4.74 Å². The summed E-state index contributed by atoms with van der Waals surface area (Å²) in [6, 6.07) is 6.40. The molecule has 0 N–H and O–H groups in total. The van der Waals surface area contributed by atoms with Gasteiger partial charge in [-0.3, -0.25) is 0 Å². The SMILES string of the molecule is CC1OCCc2cc(Br)ccc21. The van der Waals surface area contributed by atoms with E-state index < -0.39 is 0 Å². The van der Waals surface area contributed by atoms with Crippen LogP contribution < -0.4 is 0 Å². The molecule has 0 saturated carbocycles. The van der Waals surface area contributed by atoms with Crippen molar-refractivity contribution in [2.45, 2.75) is 19.4 Å². The molecule has 64 valence electrons. The van der Waals surface area contributed by atoms with E-state index in [1.807, 2.05) is 0 Å². The molecule has 1 nitrogen and oxygen atoms in total. The predicted octanol–water partition coefficient (Wildman–Crippen LogP) is 3.08. The first kappa shape index (κ1) is 8.27. The smallest absolute Gasteiger partial charge is 0.0799 e. The topological polar surface area (TPSA) is 9.23 Å². The van der Waals surface area contributed by atoms with Crippen LogP contribution in [0.2, 0.25) is 0 Å².